The van der Waals surface area contributed by atoms with Crippen molar-refractivity contribution in [3.05, 3.63) is 39.6 Å². The normalized spacial score (nSPS) is 16.4. The Morgan fingerprint density at radius 1 is 1.41 bits per heavy atom. The topological polar surface area (TPSA) is 87.9 Å². The summed E-state index contributed by atoms with van der Waals surface area (Å²) in [5, 5.41) is 10.3. The van der Waals surface area contributed by atoms with Crippen LogP contribution in [0.4, 0.5) is 13.2 Å². The standard InChI is InChI=1S/C18H19F3N4O3S/c1-10-5-12(6-23-15(10)17(26)27)28-13(8-25-4-3-22-11(2)7-25)16-24-14(9-29-16)18(19,20)21/h5-6,9,13H,3-4,7-8H2,1-2H3,(H,26,27). The van der Waals surface area contributed by atoms with Gasteiger partial charge in [-0.25, -0.2) is 14.8 Å². The Labute approximate surface area is 168 Å². The number of carboxylic acids is 1. The minimum absolute atomic E-state index is 0.106. The molecule has 2 aromatic rings. The molecule has 156 valence electrons. The maximum absolute atomic E-state index is 13.0. The average molecular weight is 428 g/mol. The molecule has 1 aliphatic rings. The summed E-state index contributed by atoms with van der Waals surface area (Å²) < 4.78 is 44.9. The Morgan fingerprint density at radius 3 is 2.76 bits per heavy atom. The lowest BCUT2D eigenvalue weighted by Crippen LogP contribution is -2.39. The molecular weight excluding hydrogens is 409 g/mol. The number of thiazole rings is 1. The van der Waals surface area contributed by atoms with Crippen LogP contribution in [0.15, 0.2) is 22.6 Å². The van der Waals surface area contributed by atoms with Crippen molar-refractivity contribution in [3.8, 4) is 5.75 Å². The van der Waals surface area contributed by atoms with E-state index in [9.17, 15) is 18.0 Å². The van der Waals surface area contributed by atoms with E-state index in [4.69, 9.17) is 9.84 Å². The highest BCUT2D eigenvalue weighted by atomic mass is 32.1. The Morgan fingerprint density at radius 2 is 2.17 bits per heavy atom. The van der Waals surface area contributed by atoms with E-state index in [1.807, 2.05) is 11.8 Å². The first-order valence-electron chi connectivity index (χ1n) is 8.75. The summed E-state index contributed by atoms with van der Waals surface area (Å²) in [5.74, 6) is -0.896. The fourth-order valence-electron chi connectivity index (χ4n) is 2.96. The molecule has 1 aliphatic heterocycles. The van der Waals surface area contributed by atoms with E-state index in [1.54, 1.807) is 6.92 Å². The van der Waals surface area contributed by atoms with E-state index in [-0.39, 0.29) is 16.5 Å². The van der Waals surface area contributed by atoms with Gasteiger partial charge in [-0.2, -0.15) is 13.2 Å². The van der Waals surface area contributed by atoms with Gasteiger partial charge in [-0.1, -0.05) is 0 Å². The van der Waals surface area contributed by atoms with Gasteiger partial charge in [0.05, 0.1) is 12.7 Å². The van der Waals surface area contributed by atoms with Crippen molar-refractivity contribution < 1.29 is 27.8 Å². The number of aromatic carboxylic acids is 1. The number of halogens is 3. The van der Waals surface area contributed by atoms with Crippen molar-refractivity contribution in [1.29, 1.82) is 0 Å². The quantitative estimate of drug-likeness (QED) is 0.758. The van der Waals surface area contributed by atoms with Crippen LogP contribution < -0.4 is 4.74 Å². The van der Waals surface area contributed by atoms with E-state index >= 15 is 0 Å². The zero-order valence-electron chi connectivity index (χ0n) is 15.7. The number of pyridine rings is 1. The number of hydrogen-bond acceptors (Lipinski definition) is 7. The van der Waals surface area contributed by atoms with Gasteiger partial charge in [0.2, 0.25) is 0 Å². The van der Waals surface area contributed by atoms with Crippen molar-refractivity contribution in [3.63, 3.8) is 0 Å². The van der Waals surface area contributed by atoms with E-state index in [2.05, 4.69) is 15.0 Å². The molecule has 3 heterocycles. The highest BCUT2D eigenvalue weighted by Gasteiger charge is 2.35. The third-order valence-electron chi connectivity index (χ3n) is 4.30. The summed E-state index contributed by atoms with van der Waals surface area (Å²) in [4.78, 5) is 25.1. The number of carbonyl (C=O) groups is 1. The number of nitrogens with zero attached hydrogens (tertiary/aromatic N) is 4. The van der Waals surface area contributed by atoms with E-state index in [0.717, 1.165) is 22.4 Å². The molecule has 1 unspecified atom stereocenters. The highest BCUT2D eigenvalue weighted by molar-refractivity contribution is 7.09. The summed E-state index contributed by atoms with van der Waals surface area (Å²) in [5.41, 5.74) is 0.265. The van der Waals surface area contributed by atoms with Crippen LogP contribution in [0, 0.1) is 6.92 Å². The van der Waals surface area contributed by atoms with Gasteiger partial charge in [-0.3, -0.25) is 9.89 Å². The molecule has 0 amide bonds. The Balaban J connectivity index is 1.86. The van der Waals surface area contributed by atoms with Crippen LogP contribution in [-0.4, -0.2) is 57.8 Å². The third kappa shape index (κ3) is 5.30. The van der Waals surface area contributed by atoms with Crippen molar-refractivity contribution in [2.45, 2.75) is 26.1 Å². The summed E-state index contributed by atoms with van der Waals surface area (Å²) in [6, 6.07) is 1.50. The monoisotopic (exact) mass is 428 g/mol. The molecule has 29 heavy (non-hydrogen) atoms. The molecule has 0 saturated carbocycles. The van der Waals surface area contributed by atoms with E-state index < -0.39 is 23.9 Å². The Kier molecular flexibility index (Phi) is 6.18. The second-order valence-electron chi connectivity index (χ2n) is 6.67. The maximum Gasteiger partial charge on any atom is 0.434 e. The number of rotatable bonds is 6. The second kappa shape index (κ2) is 8.46. The molecule has 3 rings (SSSR count). The molecule has 0 bridgehead atoms. The second-order valence-corrected chi connectivity index (χ2v) is 7.56. The number of carboxylic acid groups (broad SMARTS) is 1. The van der Waals surface area contributed by atoms with Crippen molar-refractivity contribution in [2.75, 3.05) is 26.2 Å². The van der Waals surface area contributed by atoms with Crippen LogP contribution in [0.25, 0.3) is 0 Å². The lowest BCUT2D eigenvalue weighted by Gasteiger charge is -2.29. The lowest BCUT2D eigenvalue weighted by atomic mass is 10.2. The predicted molar refractivity (Wildman–Crippen MR) is 101 cm³/mol. The first-order valence-corrected chi connectivity index (χ1v) is 9.63. The highest BCUT2D eigenvalue weighted by Crippen LogP contribution is 2.33. The van der Waals surface area contributed by atoms with Crippen molar-refractivity contribution >= 4 is 23.0 Å². The SMILES string of the molecule is CC1=NCCN(CC(Oc2cnc(C(=O)O)c(C)c2)c2nc(C(F)(F)F)cs2)C1. The zero-order valence-corrected chi connectivity index (χ0v) is 16.5. The molecule has 0 radical (unpaired) electrons. The minimum atomic E-state index is -4.53. The summed E-state index contributed by atoms with van der Waals surface area (Å²) in [6.07, 6.45) is -4.04. The first-order chi connectivity index (χ1) is 13.6. The Hall–Kier alpha value is -2.53. The van der Waals surface area contributed by atoms with Gasteiger partial charge < -0.3 is 9.84 Å². The molecule has 0 fully saturated rings. The predicted octanol–water partition coefficient (Wildman–Crippen LogP) is 3.46. The fraction of sp³-hybridized carbons (Fsp3) is 0.444. The van der Waals surface area contributed by atoms with Crippen molar-refractivity contribution in [2.24, 2.45) is 4.99 Å². The van der Waals surface area contributed by atoms with Crippen LogP contribution in [0.5, 0.6) is 5.75 Å². The molecule has 11 heteroatoms. The van der Waals surface area contributed by atoms with Gasteiger partial charge in [-0.15, -0.1) is 11.3 Å². The lowest BCUT2D eigenvalue weighted by molar-refractivity contribution is -0.140. The third-order valence-corrected chi connectivity index (χ3v) is 5.23. The average Bonchev–Trinajstić information content (AvgIpc) is 3.11. The molecular formula is C18H19F3N4O3S. The number of aryl methyl sites for hydroxylation is 1. The van der Waals surface area contributed by atoms with Gasteiger partial charge in [0.1, 0.15) is 10.8 Å². The maximum atomic E-state index is 13.0. The van der Waals surface area contributed by atoms with Crippen molar-refractivity contribution in [1.82, 2.24) is 14.9 Å². The van der Waals surface area contributed by atoms with Crippen LogP contribution in [-0.2, 0) is 6.18 Å². The molecule has 0 aliphatic carbocycles. The number of alkyl halides is 3. The number of hydrogen-bond donors (Lipinski definition) is 1. The smallest absolute Gasteiger partial charge is 0.434 e. The first kappa shape index (κ1) is 21.2. The molecule has 1 atom stereocenters. The molecule has 2 aromatic heterocycles. The zero-order chi connectivity index (χ0) is 21.2. The van der Waals surface area contributed by atoms with Gasteiger partial charge >= 0.3 is 12.1 Å². The molecule has 1 N–H and O–H groups in total. The Bertz CT molecular complexity index is 929. The van der Waals surface area contributed by atoms with Gasteiger partial charge in [0.15, 0.2) is 17.5 Å². The summed E-state index contributed by atoms with van der Waals surface area (Å²) >= 11 is 0.878. The summed E-state index contributed by atoms with van der Waals surface area (Å²) in [7, 11) is 0. The van der Waals surface area contributed by atoms with Crippen LogP contribution >= 0.6 is 11.3 Å². The molecule has 0 aromatic carbocycles. The van der Waals surface area contributed by atoms with E-state index in [0.29, 0.717) is 31.7 Å². The van der Waals surface area contributed by atoms with E-state index in [1.165, 1.54) is 12.3 Å². The number of ether oxygens (including phenoxy) is 1. The van der Waals surface area contributed by atoms with Gasteiger partial charge in [-0.05, 0) is 25.5 Å². The summed E-state index contributed by atoms with van der Waals surface area (Å²) in [6.45, 7) is 5.64. The number of aromatic nitrogens is 2. The molecule has 7 nitrogen and oxygen atoms in total. The van der Waals surface area contributed by atoms with Crippen LogP contribution in [0.2, 0.25) is 0 Å². The van der Waals surface area contributed by atoms with Gasteiger partial charge in [0, 0.05) is 30.7 Å². The largest absolute Gasteiger partial charge is 0.480 e. The minimum Gasteiger partial charge on any atom is -0.480 e. The number of aliphatic imine (C=N–C) groups is 1. The van der Waals surface area contributed by atoms with Crippen LogP contribution in [0.3, 0.4) is 0 Å². The van der Waals surface area contributed by atoms with Crippen LogP contribution in [0.1, 0.15) is 39.8 Å². The molecule has 0 spiro atoms. The molecule has 0 saturated heterocycles. The van der Waals surface area contributed by atoms with Gasteiger partial charge in [0.25, 0.3) is 0 Å². The fourth-order valence-corrected chi connectivity index (χ4v) is 3.80.